The molecule has 2 aliphatic rings. The number of rotatable bonds is 4. The van der Waals surface area contributed by atoms with Gasteiger partial charge in [0, 0.05) is 25.1 Å². The number of aryl methyl sites for hydroxylation is 1. The minimum Gasteiger partial charge on any atom is -0.429 e. The molecule has 4 atom stereocenters. The molecule has 3 heterocycles. The number of carbonyl (C=O) groups is 1. The topological polar surface area (TPSA) is 109 Å². The molecule has 1 N–H and O–H groups in total. The van der Waals surface area contributed by atoms with Gasteiger partial charge in [-0.1, -0.05) is 12.1 Å². The number of nitrogens with one attached hydrogen (secondary N) is 1. The van der Waals surface area contributed by atoms with E-state index >= 15 is 0 Å². The van der Waals surface area contributed by atoms with E-state index in [4.69, 9.17) is 18.9 Å². The second kappa shape index (κ2) is 7.12. The number of ether oxygens (including phenoxy) is 4. The average molecular weight is 406 g/mol. The van der Waals surface area contributed by atoms with Crippen molar-refractivity contribution >= 4 is 5.97 Å². The van der Waals surface area contributed by atoms with Crippen molar-refractivity contribution in [3.8, 4) is 5.75 Å². The van der Waals surface area contributed by atoms with Gasteiger partial charge in [-0.25, -0.2) is 14.0 Å². The Kier molecular flexibility index (Phi) is 4.75. The number of para-hydroxylation sites is 1. The lowest BCUT2D eigenvalue weighted by atomic mass is 10.2. The van der Waals surface area contributed by atoms with E-state index in [1.165, 1.54) is 20.0 Å². The number of esters is 1. The number of fused-ring (bicyclic) bond motifs is 1. The van der Waals surface area contributed by atoms with Crippen molar-refractivity contribution in [2.45, 2.75) is 44.7 Å². The highest BCUT2D eigenvalue weighted by Gasteiger charge is 2.43. The second-order valence-electron chi connectivity index (χ2n) is 7.02. The summed E-state index contributed by atoms with van der Waals surface area (Å²) in [5, 5.41) is 0. The summed E-state index contributed by atoms with van der Waals surface area (Å²) in [5.41, 5.74) is -0.628. The average Bonchev–Trinajstić information content (AvgIpc) is 3.03. The first-order valence-electron chi connectivity index (χ1n) is 9.03. The Hall–Kier alpha value is -2.98. The zero-order valence-corrected chi connectivity index (χ0v) is 15.7. The highest BCUT2D eigenvalue weighted by molar-refractivity contribution is 5.93. The van der Waals surface area contributed by atoms with Crippen molar-refractivity contribution in [2.24, 2.45) is 0 Å². The molecule has 1 unspecified atom stereocenters. The molecule has 1 aromatic carbocycles. The van der Waals surface area contributed by atoms with Crippen LogP contribution in [0.3, 0.4) is 0 Å². The van der Waals surface area contributed by atoms with E-state index in [2.05, 4.69) is 4.98 Å². The molecule has 0 spiro atoms. The van der Waals surface area contributed by atoms with Crippen molar-refractivity contribution in [3.63, 3.8) is 0 Å². The van der Waals surface area contributed by atoms with Crippen LogP contribution in [0.25, 0.3) is 0 Å². The number of hydrogen-bond donors (Lipinski definition) is 1. The fraction of sp³-hybridized carbons (Fsp3) is 0.421. The van der Waals surface area contributed by atoms with Crippen LogP contribution in [0.4, 0.5) is 4.39 Å². The summed E-state index contributed by atoms with van der Waals surface area (Å²) in [6.45, 7) is 2.65. The molecule has 1 aromatic heterocycles. The predicted molar refractivity (Wildman–Crippen MR) is 96.3 cm³/mol. The number of H-pyrrole nitrogens is 1. The minimum atomic E-state index is -1.74. The molecule has 4 rings (SSSR count). The third-order valence-electron chi connectivity index (χ3n) is 4.81. The van der Waals surface area contributed by atoms with Crippen LogP contribution < -0.4 is 16.0 Å². The van der Waals surface area contributed by atoms with Gasteiger partial charge in [0.25, 0.3) is 5.56 Å². The number of carbonyl (C=O) groups excluding carboxylic acids is 1. The summed E-state index contributed by atoms with van der Waals surface area (Å²) in [5.74, 6) is -2.06. The monoisotopic (exact) mass is 406 g/mol. The summed E-state index contributed by atoms with van der Waals surface area (Å²) in [4.78, 5) is 37.8. The summed E-state index contributed by atoms with van der Waals surface area (Å²) in [6, 6.07) is 6.53. The van der Waals surface area contributed by atoms with Gasteiger partial charge >= 0.3 is 17.6 Å². The van der Waals surface area contributed by atoms with Crippen LogP contribution in [-0.2, 0) is 14.2 Å². The van der Waals surface area contributed by atoms with Crippen LogP contribution in [0, 0.1) is 6.92 Å². The SMILES string of the molecule is Cc1cn([C@H]2C[C@H](F)[C@@H](COC3(C)OC(=O)c4ccccc4O3)O2)c(=O)[nH]c1=O. The molecule has 0 aliphatic carbocycles. The number of aromatic nitrogens is 2. The van der Waals surface area contributed by atoms with Gasteiger partial charge in [0.05, 0.1) is 6.61 Å². The van der Waals surface area contributed by atoms with Crippen molar-refractivity contribution < 1.29 is 28.1 Å². The molecular formula is C19H19FN2O7. The van der Waals surface area contributed by atoms with E-state index in [-0.39, 0.29) is 18.6 Å². The molecule has 2 aromatic rings. The fourth-order valence-electron chi connectivity index (χ4n) is 3.27. The third-order valence-corrected chi connectivity index (χ3v) is 4.81. The van der Waals surface area contributed by atoms with E-state index in [1.807, 2.05) is 0 Å². The maximum absolute atomic E-state index is 14.5. The van der Waals surface area contributed by atoms with Gasteiger partial charge in [0.15, 0.2) is 0 Å². The molecule has 0 radical (unpaired) electrons. The predicted octanol–water partition coefficient (Wildman–Crippen LogP) is 1.41. The summed E-state index contributed by atoms with van der Waals surface area (Å²) < 4.78 is 37.6. The Balaban J connectivity index is 1.45. The van der Waals surface area contributed by atoms with Crippen LogP contribution in [-0.4, -0.2) is 40.4 Å². The van der Waals surface area contributed by atoms with Crippen LogP contribution in [0.5, 0.6) is 5.75 Å². The maximum atomic E-state index is 14.5. The standard InChI is InChI=1S/C19H19FN2O7/c1-10-8-22(18(25)21-16(10)23)15-7-12(20)14(27-15)9-26-19(2)28-13-6-4-3-5-11(13)17(24)29-19/h3-6,8,12,14-15H,7,9H2,1-2H3,(H,21,23,25)/t12-,14+,15+,19?/m0/s1. The molecule has 29 heavy (non-hydrogen) atoms. The Morgan fingerprint density at radius 3 is 2.83 bits per heavy atom. The largest absolute Gasteiger partial charge is 0.429 e. The Bertz CT molecular complexity index is 1070. The molecule has 0 saturated carbocycles. The third kappa shape index (κ3) is 3.68. The lowest BCUT2D eigenvalue weighted by Gasteiger charge is -2.34. The van der Waals surface area contributed by atoms with Gasteiger partial charge in [0.1, 0.15) is 29.8 Å². The van der Waals surface area contributed by atoms with Crippen LogP contribution in [0.1, 0.15) is 35.5 Å². The second-order valence-corrected chi connectivity index (χ2v) is 7.02. The highest BCUT2D eigenvalue weighted by Crippen LogP contribution is 2.34. The quantitative estimate of drug-likeness (QED) is 0.765. The van der Waals surface area contributed by atoms with Crippen LogP contribution in [0.2, 0.25) is 0 Å². The van der Waals surface area contributed by atoms with Gasteiger partial charge in [-0.15, -0.1) is 0 Å². The van der Waals surface area contributed by atoms with Crippen molar-refractivity contribution in [1.82, 2.24) is 9.55 Å². The first kappa shape index (κ1) is 19.3. The van der Waals surface area contributed by atoms with E-state index in [1.54, 1.807) is 24.3 Å². The first-order chi connectivity index (χ1) is 13.8. The smallest absolute Gasteiger partial charge is 0.371 e. The summed E-state index contributed by atoms with van der Waals surface area (Å²) >= 11 is 0. The summed E-state index contributed by atoms with van der Waals surface area (Å²) in [6.07, 6.45) is -2.12. The number of benzene rings is 1. The van der Waals surface area contributed by atoms with Gasteiger partial charge in [-0.3, -0.25) is 14.3 Å². The Morgan fingerprint density at radius 1 is 1.28 bits per heavy atom. The number of aromatic amines is 1. The number of hydrogen-bond acceptors (Lipinski definition) is 7. The molecule has 154 valence electrons. The molecule has 1 saturated heterocycles. The number of cyclic esters (lactones) is 1. The zero-order valence-electron chi connectivity index (χ0n) is 15.7. The molecule has 0 bridgehead atoms. The van der Waals surface area contributed by atoms with E-state index in [0.717, 1.165) is 4.57 Å². The molecule has 0 amide bonds. The van der Waals surface area contributed by atoms with Crippen molar-refractivity contribution in [1.29, 1.82) is 0 Å². The highest BCUT2D eigenvalue weighted by atomic mass is 19.1. The first-order valence-corrected chi connectivity index (χ1v) is 9.03. The fourth-order valence-corrected chi connectivity index (χ4v) is 3.27. The van der Waals surface area contributed by atoms with Crippen LogP contribution in [0.15, 0.2) is 40.1 Å². The lowest BCUT2D eigenvalue weighted by Crippen LogP contribution is -2.46. The lowest BCUT2D eigenvalue weighted by molar-refractivity contribution is -0.317. The molecule has 2 aliphatic heterocycles. The molecule has 1 fully saturated rings. The normalized spacial score (nSPS) is 28.5. The zero-order chi connectivity index (χ0) is 20.8. The van der Waals surface area contributed by atoms with Gasteiger partial charge in [-0.05, 0) is 19.1 Å². The Labute approximate surface area is 164 Å². The van der Waals surface area contributed by atoms with E-state index in [9.17, 15) is 18.8 Å². The van der Waals surface area contributed by atoms with Gasteiger partial charge in [0.2, 0.25) is 0 Å². The Morgan fingerprint density at radius 2 is 2.03 bits per heavy atom. The van der Waals surface area contributed by atoms with Crippen molar-refractivity contribution in [3.05, 3.63) is 62.4 Å². The molecule has 10 heteroatoms. The van der Waals surface area contributed by atoms with Crippen LogP contribution >= 0.6 is 0 Å². The van der Waals surface area contributed by atoms with Gasteiger partial charge in [-0.2, -0.15) is 0 Å². The van der Waals surface area contributed by atoms with E-state index in [0.29, 0.717) is 11.3 Å². The maximum Gasteiger partial charge on any atom is 0.371 e. The molecule has 9 nitrogen and oxygen atoms in total. The molecular weight excluding hydrogens is 387 g/mol. The number of halogens is 1. The summed E-state index contributed by atoms with van der Waals surface area (Å²) in [7, 11) is 0. The minimum absolute atomic E-state index is 0.0976. The van der Waals surface area contributed by atoms with Crippen molar-refractivity contribution in [2.75, 3.05) is 6.61 Å². The number of alkyl halides is 1. The number of nitrogens with zero attached hydrogens (tertiary/aromatic N) is 1. The van der Waals surface area contributed by atoms with Gasteiger partial charge < -0.3 is 18.9 Å². The van der Waals surface area contributed by atoms with E-state index < -0.39 is 41.7 Å².